The summed E-state index contributed by atoms with van der Waals surface area (Å²) in [7, 11) is 1.64. The molecule has 0 atom stereocenters. The molecule has 1 aromatic rings. The van der Waals surface area contributed by atoms with Crippen LogP contribution in [0.15, 0.2) is 24.5 Å². The van der Waals surface area contributed by atoms with Gasteiger partial charge in [-0.3, -0.25) is 4.98 Å². The van der Waals surface area contributed by atoms with Crippen molar-refractivity contribution >= 4 is 17.2 Å². The SMILES string of the molecule is COc1cncc(/C(C)=C/CCCl)c1. The van der Waals surface area contributed by atoms with Crippen molar-refractivity contribution in [3.8, 4) is 5.75 Å². The van der Waals surface area contributed by atoms with Crippen LogP contribution in [0, 0.1) is 0 Å². The summed E-state index contributed by atoms with van der Waals surface area (Å²) in [4.78, 5) is 4.09. The first-order valence-corrected chi connectivity index (χ1v) is 5.03. The molecule has 2 nitrogen and oxygen atoms in total. The van der Waals surface area contributed by atoms with Gasteiger partial charge in [-0.2, -0.15) is 0 Å². The van der Waals surface area contributed by atoms with Gasteiger partial charge in [0.15, 0.2) is 0 Å². The van der Waals surface area contributed by atoms with Gasteiger partial charge in [0.25, 0.3) is 0 Å². The van der Waals surface area contributed by atoms with E-state index in [1.807, 2.05) is 19.2 Å². The van der Waals surface area contributed by atoms with E-state index in [1.54, 1.807) is 13.3 Å². The Balaban J connectivity index is 2.84. The molecule has 1 aromatic heterocycles. The fourth-order valence-corrected chi connectivity index (χ4v) is 1.24. The van der Waals surface area contributed by atoms with Crippen molar-refractivity contribution < 1.29 is 4.74 Å². The van der Waals surface area contributed by atoms with Crippen LogP contribution in [0.3, 0.4) is 0 Å². The smallest absolute Gasteiger partial charge is 0.137 e. The molecule has 0 saturated heterocycles. The Labute approximate surface area is 89.6 Å². The Morgan fingerprint density at radius 2 is 2.36 bits per heavy atom. The Bertz CT molecular complexity index is 323. The van der Waals surface area contributed by atoms with Crippen LogP contribution >= 0.6 is 11.6 Å². The zero-order valence-corrected chi connectivity index (χ0v) is 9.21. The standard InChI is InChI=1S/C11H14ClNO/c1-9(4-3-5-12)10-6-11(14-2)8-13-7-10/h4,6-8H,3,5H2,1-2H3/b9-4+. The first-order valence-electron chi connectivity index (χ1n) is 4.50. The molecule has 0 aromatic carbocycles. The summed E-state index contributed by atoms with van der Waals surface area (Å²) < 4.78 is 5.09. The molecule has 0 saturated carbocycles. The van der Waals surface area contributed by atoms with Gasteiger partial charge in [-0.1, -0.05) is 6.08 Å². The van der Waals surface area contributed by atoms with Gasteiger partial charge in [0.05, 0.1) is 13.3 Å². The van der Waals surface area contributed by atoms with E-state index in [2.05, 4.69) is 11.1 Å². The highest BCUT2D eigenvalue weighted by molar-refractivity contribution is 6.17. The molecule has 0 fully saturated rings. The molecule has 0 aliphatic rings. The Morgan fingerprint density at radius 3 is 3.00 bits per heavy atom. The number of hydrogen-bond donors (Lipinski definition) is 0. The summed E-state index contributed by atoms with van der Waals surface area (Å²) in [6.07, 6.45) is 6.50. The lowest BCUT2D eigenvalue weighted by Gasteiger charge is -2.03. The van der Waals surface area contributed by atoms with E-state index in [9.17, 15) is 0 Å². The average Bonchev–Trinajstić information content (AvgIpc) is 2.26. The number of aromatic nitrogens is 1. The number of ether oxygens (including phenoxy) is 1. The van der Waals surface area contributed by atoms with Crippen LogP contribution in [0.25, 0.3) is 5.57 Å². The van der Waals surface area contributed by atoms with Gasteiger partial charge < -0.3 is 4.74 Å². The minimum atomic E-state index is 0.648. The molecule has 1 heterocycles. The van der Waals surface area contributed by atoms with Crippen molar-refractivity contribution in [3.63, 3.8) is 0 Å². The minimum Gasteiger partial charge on any atom is -0.495 e. The summed E-state index contributed by atoms with van der Waals surface area (Å²) in [5.41, 5.74) is 2.26. The van der Waals surface area contributed by atoms with Crippen LogP contribution in [0.2, 0.25) is 0 Å². The van der Waals surface area contributed by atoms with Gasteiger partial charge in [-0.25, -0.2) is 0 Å². The summed E-state index contributed by atoms with van der Waals surface area (Å²) >= 11 is 5.61. The van der Waals surface area contributed by atoms with Crippen LogP contribution in [0.5, 0.6) is 5.75 Å². The summed E-state index contributed by atoms with van der Waals surface area (Å²) in [5.74, 6) is 1.43. The average molecular weight is 212 g/mol. The zero-order chi connectivity index (χ0) is 10.4. The van der Waals surface area contributed by atoms with Gasteiger partial charge in [0.2, 0.25) is 0 Å². The van der Waals surface area contributed by atoms with E-state index in [0.29, 0.717) is 5.88 Å². The molecular formula is C11H14ClNO. The molecular weight excluding hydrogens is 198 g/mol. The Kier molecular flexibility index (Phi) is 4.47. The van der Waals surface area contributed by atoms with Gasteiger partial charge in [0.1, 0.15) is 5.75 Å². The van der Waals surface area contributed by atoms with Crippen molar-refractivity contribution in [1.29, 1.82) is 0 Å². The maximum absolute atomic E-state index is 5.61. The summed E-state index contributed by atoms with van der Waals surface area (Å²) in [5, 5.41) is 0. The number of rotatable bonds is 4. The minimum absolute atomic E-state index is 0.648. The van der Waals surface area contributed by atoms with Crippen molar-refractivity contribution in [2.45, 2.75) is 13.3 Å². The molecule has 3 heteroatoms. The van der Waals surface area contributed by atoms with Crippen molar-refractivity contribution in [2.24, 2.45) is 0 Å². The number of pyridine rings is 1. The number of hydrogen-bond acceptors (Lipinski definition) is 2. The van der Waals surface area contributed by atoms with Crippen LogP contribution in [0.4, 0.5) is 0 Å². The quantitative estimate of drug-likeness (QED) is 0.714. The van der Waals surface area contributed by atoms with Gasteiger partial charge >= 0.3 is 0 Å². The molecule has 0 aliphatic carbocycles. The fraction of sp³-hybridized carbons (Fsp3) is 0.364. The number of methoxy groups -OCH3 is 1. The number of allylic oxidation sites excluding steroid dienone is 2. The van der Waals surface area contributed by atoms with Crippen LogP contribution in [-0.2, 0) is 0 Å². The highest BCUT2D eigenvalue weighted by Gasteiger charge is 1.98. The lowest BCUT2D eigenvalue weighted by molar-refractivity contribution is 0.412. The van der Waals surface area contributed by atoms with Crippen molar-refractivity contribution in [3.05, 3.63) is 30.1 Å². The Hall–Kier alpha value is -1.02. The molecule has 0 amide bonds. The third-order valence-corrected chi connectivity index (χ3v) is 2.18. The molecule has 76 valence electrons. The highest BCUT2D eigenvalue weighted by Crippen LogP contribution is 2.18. The van der Waals surface area contributed by atoms with Crippen LogP contribution < -0.4 is 4.74 Å². The molecule has 0 N–H and O–H groups in total. The van der Waals surface area contributed by atoms with E-state index in [1.165, 1.54) is 5.57 Å². The predicted octanol–water partition coefficient (Wildman–Crippen LogP) is 3.12. The number of nitrogens with zero attached hydrogens (tertiary/aromatic N) is 1. The fourth-order valence-electron chi connectivity index (χ4n) is 1.14. The maximum Gasteiger partial charge on any atom is 0.137 e. The third-order valence-electron chi connectivity index (χ3n) is 1.96. The molecule has 0 aliphatic heterocycles. The van der Waals surface area contributed by atoms with E-state index in [-0.39, 0.29) is 0 Å². The second-order valence-corrected chi connectivity index (χ2v) is 3.36. The van der Waals surface area contributed by atoms with Crippen molar-refractivity contribution in [2.75, 3.05) is 13.0 Å². The number of alkyl halides is 1. The van der Waals surface area contributed by atoms with Gasteiger partial charge in [-0.15, -0.1) is 11.6 Å². The monoisotopic (exact) mass is 211 g/mol. The van der Waals surface area contributed by atoms with E-state index >= 15 is 0 Å². The largest absolute Gasteiger partial charge is 0.495 e. The molecule has 1 rings (SSSR count). The molecule has 0 radical (unpaired) electrons. The molecule has 14 heavy (non-hydrogen) atoms. The van der Waals surface area contributed by atoms with Crippen molar-refractivity contribution in [1.82, 2.24) is 4.98 Å². The summed E-state index contributed by atoms with van der Waals surface area (Å²) in [6.45, 7) is 2.04. The van der Waals surface area contributed by atoms with Crippen LogP contribution in [0.1, 0.15) is 18.9 Å². The maximum atomic E-state index is 5.61. The van der Waals surface area contributed by atoms with Gasteiger partial charge in [-0.05, 0) is 30.5 Å². The molecule has 0 unspecified atom stereocenters. The van der Waals surface area contributed by atoms with E-state index in [0.717, 1.165) is 17.7 Å². The van der Waals surface area contributed by atoms with E-state index in [4.69, 9.17) is 16.3 Å². The highest BCUT2D eigenvalue weighted by atomic mass is 35.5. The first kappa shape index (κ1) is 11.1. The first-order chi connectivity index (χ1) is 6.77. The number of halogens is 1. The Morgan fingerprint density at radius 1 is 1.57 bits per heavy atom. The lowest BCUT2D eigenvalue weighted by Crippen LogP contribution is -1.87. The second kappa shape index (κ2) is 5.66. The zero-order valence-electron chi connectivity index (χ0n) is 8.46. The summed E-state index contributed by atoms with van der Waals surface area (Å²) in [6, 6.07) is 1.97. The molecule has 0 spiro atoms. The topological polar surface area (TPSA) is 22.1 Å². The second-order valence-electron chi connectivity index (χ2n) is 2.98. The third kappa shape index (κ3) is 3.04. The van der Waals surface area contributed by atoms with Crippen LogP contribution in [-0.4, -0.2) is 18.0 Å². The lowest BCUT2D eigenvalue weighted by atomic mass is 10.1. The normalized spacial score (nSPS) is 11.5. The van der Waals surface area contributed by atoms with E-state index < -0.39 is 0 Å². The van der Waals surface area contributed by atoms with Gasteiger partial charge in [0, 0.05) is 12.1 Å². The predicted molar refractivity (Wildman–Crippen MR) is 59.8 cm³/mol. The molecule has 0 bridgehead atoms.